The molecule has 4 heteroatoms. The van der Waals surface area contributed by atoms with Crippen LogP contribution in [-0.2, 0) is 6.54 Å². The van der Waals surface area contributed by atoms with Crippen molar-refractivity contribution in [1.29, 1.82) is 0 Å². The highest BCUT2D eigenvalue weighted by atomic mass is 16.2. The molecule has 24 heavy (non-hydrogen) atoms. The molecular formula is C20H20N2O2. The van der Waals surface area contributed by atoms with Gasteiger partial charge in [0.15, 0.2) is 0 Å². The van der Waals surface area contributed by atoms with Gasteiger partial charge in [0.1, 0.15) is 5.69 Å². The van der Waals surface area contributed by atoms with Gasteiger partial charge in [-0.1, -0.05) is 49.7 Å². The fraction of sp³-hybridized carbons (Fsp3) is 0.200. The molecule has 3 rings (SSSR count). The van der Waals surface area contributed by atoms with Gasteiger partial charge in [-0.25, -0.2) is 0 Å². The first-order valence-electron chi connectivity index (χ1n) is 8.19. The van der Waals surface area contributed by atoms with Gasteiger partial charge in [-0.2, -0.15) is 0 Å². The number of fused-ring (bicyclic) bond motifs is 1. The van der Waals surface area contributed by atoms with E-state index < -0.39 is 0 Å². The lowest BCUT2D eigenvalue weighted by Crippen LogP contribution is -2.28. The van der Waals surface area contributed by atoms with Crippen LogP contribution >= 0.6 is 0 Å². The highest BCUT2D eigenvalue weighted by Crippen LogP contribution is 2.15. The molecule has 0 aliphatic carbocycles. The Hall–Kier alpha value is -2.88. The summed E-state index contributed by atoms with van der Waals surface area (Å²) in [6.07, 6.45) is 1.81. The van der Waals surface area contributed by atoms with Gasteiger partial charge >= 0.3 is 0 Å². The first-order valence-corrected chi connectivity index (χ1v) is 8.19. The van der Waals surface area contributed by atoms with Crippen LogP contribution in [0.2, 0.25) is 0 Å². The van der Waals surface area contributed by atoms with E-state index in [9.17, 15) is 9.59 Å². The van der Waals surface area contributed by atoms with Gasteiger partial charge in [0.25, 0.3) is 11.5 Å². The molecule has 1 amide bonds. The van der Waals surface area contributed by atoms with Gasteiger partial charge < -0.3 is 9.88 Å². The topological polar surface area (TPSA) is 51.1 Å². The fourth-order valence-corrected chi connectivity index (χ4v) is 2.74. The summed E-state index contributed by atoms with van der Waals surface area (Å²) in [5.41, 5.74) is 1.00. The Labute approximate surface area is 140 Å². The van der Waals surface area contributed by atoms with Crippen molar-refractivity contribution in [1.82, 2.24) is 4.57 Å². The Bertz CT molecular complexity index is 914. The van der Waals surface area contributed by atoms with Crippen LogP contribution in [0.3, 0.4) is 0 Å². The van der Waals surface area contributed by atoms with Gasteiger partial charge in [-0.05, 0) is 36.1 Å². The number of unbranched alkanes of at least 4 members (excludes halogenated alkanes) is 1. The summed E-state index contributed by atoms with van der Waals surface area (Å²) in [5.74, 6) is -0.264. The number of carbonyl (C=O) groups is 1. The number of aromatic nitrogens is 1. The number of nitrogens with zero attached hydrogens (tertiary/aromatic N) is 1. The average Bonchev–Trinajstić information content (AvgIpc) is 2.61. The van der Waals surface area contributed by atoms with Crippen molar-refractivity contribution in [2.45, 2.75) is 26.3 Å². The minimum absolute atomic E-state index is 0.111. The quantitative estimate of drug-likeness (QED) is 0.771. The SMILES string of the molecule is CCCCn1c(C(=O)Nc2ccccc2)cc2ccccc2c1=O. The van der Waals surface area contributed by atoms with Crippen LogP contribution in [0.5, 0.6) is 0 Å². The van der Waals surface area contributed by atoms with E-state index >= 15 is 0 Å². The number of hydrogen-bond donors (Lipinski definition) is 1. The molecule has 4 nitrogen and oxygen atoms in total. The van der Waals surface area contributed by atoms with Crippen molar-refractivity contribution in [3.63, 3.8) is 0 Å². The summed E-state index contributed by atoms with van der Waals surface area (Å²) < 4.78 is 1.59. The van der Waals surface area contributed by atoms with E-state index in [1.165, 1.54) is 0 Å². The third-order valence-corrected chi connectivity index (χ3v) is 4.02. The van der Waals surface area contributed by atoms with Crippen molar-refractivity contribution < 1.29 is 4.79 Å². The predicted molar refractivity (Wildman–Crippen MR) is 97.5 cm³/mol. The van der Waals surface area contributed by atoms with Crippen molar-refractivity contribution in [3.05, 3.63) is 76.7 Å². The smallest absolute Gasteiger partial charge is 0.272 e. The van der Waals surface area contributed by atoms with E-state index in [0.717, 1.165) is 18.2 Å². The van der Waals surface area contributed by atoms with Crippen molar-refractivity contribution in [2.24, 2.45) is 0 Å². The van der Waals surface area contributed by atoms with Crippen LogP contribution in [0.1, 0.15) is 30.3 Å². The predicted octanol–water partition coefficient (Wildman–Crippen LogP) is 4.05. The van der Waals surface area contributed by atoms with Crippen LogP contribution in [0, 0.1) is 0 Å². The Morgan fingerprint density at radius 3 is 2.50 bits per heavy atom. The molecule has 0 unspecified atom stereocenters. The first-order chi connectivity index (χ1) is 11.7. The van der Waals surface area contributed by atoms with Gasteiger partial charge in [-0.15, -0.1) is 0 Å². The third-order valence-electron chi connectivity index (χ3n) is 4.02. The van der Waals surface area contributed by atoms with E-state index in [1.54, 1.807) is 16.7 Å². The zero-order valence-corrected chi connectivity index (χ0v) is 13.7. The summed E-state index contributed by atoms with van der Waals surface area (Å²) in [7, 11) is 0. The number of nitrogens with one attached hydrogen (secondary N) is 1. The maximum absolute atomic E-state index is 12.8. The average molecular weight is 320 g/mol. The Morgan fingerprint density at radius 2 is 1.75 bits per heavy atom. The molecule has 1 heterocycles. The molecular weight excluding hydrogens is 300 g/mol. The lowest BCUT2D eigenvalue weighted by Gasteiger charge is -2.14. The summed E-state index contributed by atoms with van der Waals surface area (Å²) in [5, 5.41) is 4.30. The highest BCUT2D eigenvalue weighted by Gasteiger charge is 2.15. The van der Waals surface area contributed by atoms with E-state index in [1.807, 2.05) is 48.5 Å². The lowest BCUT2D eigenvalue weighted by molar-refractivity contribution is 0.101. The molecule has 0 saturated carbocycles. The summed E-state index contributed by atoms with van der Waals surface area (Å²) >= 11 is 0. The van der Waals surface area contributed by atoms with E-state index in [2.05, 4.69) is 12.2 Å². The largest absolute Gasteiger partial charge is 0.321 e. The zero-order chi connectivity index (χ0) is 16.9. The Morgan fingerprint density at radius 1 is 1.04 bits per heavy atom. The highest BCUT2D eigenvalue weighted by molar-refractivity contribution is 6.05. The number of rotatable bonds is 5. The maximum Gasteiger partial charge on any atom is 0.272 e. The minimum Gasteiger partial charge on any atom is -0.321 e. The fourth-order valence-electron chi connectivity index (χ4n) is 2.74. The van der Waals surface area contributed by atoms with Crippen molar-refractivity contribution in [2.75, 3.05) is 5.32 Å². The van der Waals surface area contributed by atoms with Crippen LogP contribution in [0.25, 0.3) is 10.8 Å². The molecule has 0 bridgehead atoms. The molecule has 1 aromatic heterocycles. The number of para-hydroxylation sites is 1. The van der Waals surface area contributed by atoms with E-state index in [0.29, 0.717) is 23.3 Å². The summed E-state index contributed by atoms with van der Waals surface area (Å²) in [6, 6.07) is 18.4. The molecule has 3 aromatic rings. The molecule has 0 aliphatic rings. The van der Waals surface area contributed by atoms with Gasteiger partial charge in [-0.3, -0.25) is 9.59 Å². The summed E-state index contributed by atoms with van der Waals surface area (Å²) in [4.78, 5) is 25.5. The standard InChI is InChI=1S/C20H20N2O2/c1-2-3-13-22-18(19(23)21-16-10-5-4-6-11-16)14-15-9-7-8-12-17(15)20(22)24/h4-12,14H,2-3,13H2,1H3,(H,21,23). The van der Waals surface area contributed by atoms with E-state index in [-0.39, 0.29) is 11.5 Å². The molecule has 2 aromatic carbocycles. The number of pyridine rings is 1. The number of benzene rings is 2. The second kappa shape index (κ2) is 7.13. The van der Waals surface area contributed by atoms with Crippen LogP contribution in [0.15, 0.2) is 65.5 Å². The molecule has 1 N–H and O–H groups in total. The summed E-state index contributed by atoms with van der Waals surface area (Å²) in [6.45, 7) is 2.60. The lowest BCUT2D eigenvalue weighted by atomic mass is 10.1. The van der Waals surface area contributed by atoms with Crippen LogP contribution in [-0.4, -0.2) is 10.5 Å². The number of hydrogen-bond acceptors (Lipinski definition) is 2. The Kier molecular flexibility index (Phi) is 4.75. The van der Waals surface area contributed by atoms with Crippen LogP contribution < -0.4 is 10.9 Å². The maximum atomic E-state index is 12.8. The van der Waals surface area contributed by atoms with Gasteiger partial charge in [0.2, 0.25) is 0 Å². The van der Waals surface area contributed by atoms with E-state index in [4.69, 9.17) is 0 Å². The number of amides is 1. The second-order valence-corrected chi connectivity index (χ2v) is 5.75. The molecule has 0 fully saturated rings. The third kappa shape index (κ3) is 3.23. The van der Waals surface area contributed by atoms with Gasteiger partial charge in [0, 0.05) is 17.6 Å². The monoisotopic (exact) mass is 320 g/mol. The Balaban J connectivity index is 2.07. The molecule has 122 valence electrons. The molecule has 0 atom stereocenters. The molecule has 0 aliphatic heterocycles. The number of carbonyl (C=O) groups excluding carboxylic acids is 1. The van der Waals surface area contributed by atoms with Gasteiger partial charge in [0.05, 0.1) is 0 Å². The molecule has 0 radical (unpaired) electrons. The zero-order valence-electron chi connectivity index (χ0n) is 13.7. The molecule has 0 saturated heterocycles. The second-order valence-electron chi connectivity index (χ2n) is 5.75. The minimum atomic E-state index is -0.264. The van der Waals surface area contributed by atoms with Crippen molar-refractivity contribution in [3.8, 4) is 0 Å². The van der Waals surface area contributed by atoms with Crippen LogP contribution in [0.4, 0.5) is 5.69 Å². The van der Waals surface area contributed by atoms with Crippen molar-refractivity contribution >= 4 is 22.4 Å². The number of anilines is 1. The normalized spacial score (nSPS) is 10.7. The molecule has 0 spiro atoms. The first kappa shape index (κ1) is 16.0.